The summed E-state index contributed by atoms with van der Waals surface area (Å²) in [7, 11) is -8.40. The van der Waals surface area contributed by atoms with E-state index in [0.29, 0.717) is 12.8 Å². The molecule has 0 spiro atoms. The van der Waals surface area contributed by atoms with Gasteiger partial charge in [-0.1, -0.05) is 33.1 Å². The summed E-state index contributed by atoms with van der Waals surface area (Å²) in [5, 5.41) is 0. The van der Waals surface area contributed by atoms with Crippen LogP contribution in [0.15, 0.2) is 0 Å². The smallest absolute Gasteiger partial charge is 0.303 e. The van der Waals surface area contributed by atoms with Crippen molar-refractivity contribution in [1.82, 2.24) is 0 Å². The molecule has 0 aliphatic carbocycles. The van der Waals surface area contributed by atoms with Crippen molar-refractivity contribution < 1.29 is 37.8 Å². The van der Waals surface area contributed by atoms with Crippen molar-refractivity contribution in [3.8, 4) is 0 Å². The van der Waals surface area contributed by atoms with E-state index in [1.165, 1.54) is 0 Å². The Morgan fingerprint density at radius 1 is 0.737 bits per heavy atom. The molecular formula is C9H24O8P2. The van der Waals surface area contributed by atoms with Crippen LogP contribution in [0.4, 0.5) is 0 Å². The Hall–Kier alpha value is 0.220. The largest absolute Gasteiger partial charge is 0.469 e. The van der Waals surface area contributed by atoms with Crippen LogP contribution in [-0.2, 0) is 18.2 Å². The zero-order valence-electron chi connectivity index (χ0n) is 11.3. The van der Waals surface area contributed by atoms with E-state index in [4.69, 9.17) is 19.6 Å². The van der Waals surface area contributed by atoms with Crippen molar-refractivity contribution >= 4 is 15.6 Å². The second-order valence-corrected chi connectivity index (χ2v) is 6.19. The lowest BCUT2D eigenvalue weighted by atomic mass is 10.3. The molecule has 8 nitrogen and oxygen atoms in total. The van der Waals surface area contributed by atoms with Crippen LogP contribution in [0.25, 0.3) is 0 Å². The van der Waals surface area contributed by atoms with Crippen LogP contribution in [-0.4, -0.2) is 32.8 Å². The first-order chi connectivity index (χ1) is 8.62. The molecule has 0 aromatic rings. The molecule has 0 aromatic heterocycles. The molecular weight excluding hydrogens is 298 g/mol. The van der Waals surface area contributed by atoms with Crippen molar-refractivity contribution in [3.05, 3.63) is 0 Å². The van der Waals surface area contributed by atoms with Gasteiger partial charge in [0.2, 0.25) is 0 Å². The molecule has 118 valence electrons. The van der Waals surface area contributed by atoms with Gasteiger partial charge in [-0.15, -0.1) is 0 Å². The van der Waals surface area contributed by atoms with Crippen molar-refractivity contribution in [2.24, 2.45) is 0 Å². The Bertz CT molecular complexity index is 284. The summed E-state index contributed by atoms with van der Waals surface area (Å²) in [4.78, 5) is 32.7. The lowest BCUT2D eigenvalue weighted by Gasteiger charge is -2.02. The first-order valence-electron chi connectivity index (χ1n) is 6.02. The summed E-state index contributed by atoms with van der Waals surface area (Å²) < 4.78 is 28.4. The van der Waals surface area contributed by atoms with Gasteiger partial charge in [-0.25, -0.2) is 9.13 Å². The Kier molecular flexibility index (Phi) is 13.6. The number of phosphoric acid groups is 2. The van der Waals surface area contributed by atoms with Crippen LogP contribution in [0.2, 0.25) is 0 Å². The Morgan fingerprint density at radius 3 is 1.42 bits per heavy atom. The molecule has 0 aliphatic heterocycles. The average Bonchev–Trinajstić information content (AvgIpc) is 2.23. The normalized spacial score (nSPS) is 11.9. The molecule has 0 rings (SSSR count). The minimum Gasteiger partial charge on any atom is -0.303 e. The van der Waals surface area contributed by atoms with E-state index in [1.807, 2.05) is 13.8 Å². The summed E-state index contributed by atoms with van der Waals surface area (Å²) in [6.45, 7) is 4.22. The van der Waals surface area contributed by atoms with Crippen molar-refractivity contribution in [1.29, 1.82) is 0 Å². The molecule has 0 aliphatic rings. The highest BCUT2D eigenvalue weighted by Gasteiger charge is 2.12. The average molecular weight is 322 g/mol. The molecule has 0 unspecified atom stereocenters. The first kappa shape index (κ1) is 21.5. The summed E-state index contributed by atoms with van der Waals surface area (Å²) in [6.07, 6.45) is 4.23. The van der Waals surface area contributed by atoms with Gasteiger partial charge in [-0.3, -0.25) is 9.05 Å². The number of hydrogen-bond acceptors (Lipinski definition) is 4. The second kappa shape index (κ2) is 12.0. The third-order valence-corrected chi connectivity index (χ3v) is 2.80. The van der Waals surface area contributed by atoms with E-state index < -0.39 is 15.6 Å². The molecule has 0 saturated heterocycles. The molecule has 0 saturated carbocycles. The van der Waals surface area contributed by atoms with Crippen LogP contribution in [0.1, 0.15) is 46.0 Å². The highest BCUT2D eigenvalue weighted by atomic mass is 31.2. The van der Waals surface area contributed by atoms with Gasteiger partial charge in [0.15, 0.2) is 0 Å². The Morgan fingerprint density at radius 2 is 1.11 bits per heavy atom. The van der Waals surface area contributed by atoms with Crippen LogP contribution < -0.4 is 0 Å². The highest BCUT2D eigenvalue weighted by molar-refractivity contribution is 7.46. The standard InChI is InChI=1S/C5H13O4P.C4H11O4P/c1-2-3-4-5-9-10(6,7)8;1-2-3-4-8-9(5,6)7/h2-5H2,1H3,(H2,6,7,8);2-4H2,1H3,(H2,5,6,7). The van der Waals surface area contributed by atoms with Crippen molar-refractivity contribution in [3.63, 3.8) is 0 Å². The van der Waals surface area contributed by atoms with Crippen LogP contribution in [0, 0.1) is 0 Å². The maximum atomic E-state index is 10.1. The Labute approximate surface area is 113 Å². The third kappa shape index (κ3) is 27.4. The van der Waals surface area contributed by atoms with Gasteiger partial charge in [0.1, 0.15) is 0 Å². The van der Waals surface area contributed by atoms with Crippen LogP contribution >= 0.6 is 15.6 Å². The lowest BCUT2D eigenvalue weighted by molar-refractivity contribution is 0.192. The van der Waals surface area contributed by atoms with Gasteiger partial charge in [0.05, 0.1) is 13.2 Å². The topological polar surface area (TPSA) is 134 Å². The van der Waals surface area contributed by atoms with Crippen LogP contribution in [0.3, 0.4) is 0 Å². The van der Waals surface area contributed by atoms with Crippen LogP contribution in [0.5, 0.6) is 0 Å². The van der Waals surface area contributed by atoms with Gasteiger partial charge >= 0.3 is 15.6 Å². The predicted molar refractivity (Wildman–Crippen MR) is 70.4 cm³/mol. The molecule has 10 heteroatoms. The van der Waals surface area contributed by atoms with Gasteiger partial charge in [0.25, 0.3) is 0 Å². The van der Waals surface area contributed by atoms with E-state index in [-0.39, 0.29) is 13.2 Å². The molecule has 0 aromatic carbocycles. The third-order valence-electron chi connectivity index (χ3n) is 1.76. The van der Waals surface area contributed by atoms with Gasteiger partial charge in [-0.2, -0.15) is 0 Å². The van der Waals surface area contributed by atoms with E-state index in [0.717, 1.165) is 19.3 Å². The fraction of sp³-hybridized carbons (Fsp3) is 1.00. The number of rotatable bonds is 9. The monoisotopic (exact) mass is 322 g/mol. The first-order valence-corrected chi connectivity index (χ1v) is 9.08. The maximum absolute atomic E-state index is 10.1. The number of phosphoric ester groups is 2. The maximum Gasteiger partial charge on any atom is 0.469 e. The molecule has 0 atom stereocenters. The zero-order chi connectivity index (χ0) is 15.4. The van der Waals surface area contributed by atoms with E-state index in [2.05, 4.69) is 9.05 Å². The fourth-order valence-electron chi connectivity index (χ4n) is 0.863. The molecule has 19 heavy (non-hydrogen) atoms. The predicted octanol–water partition coefficient (Wildman–Crippen LogP) is 2.18. The molecule has 0 radical (unpaired) electrons. The molecule has 0 fully saturated rings. The quantitative estimate of drug-likeness (QED) is 0.375. The van der Waals surface area contributed by atoms with Crippen molar-refractivity contribution in [2.75, 3.05) is 13.2 Å². The van der Waals surface area contributed by atoms with E-state index in [9.17, 15) is 9.13 Å². The zero-order valence-corrected chi connectivity index (χ0v) is 13.1. The van der Waals surface area contributed by atoms with Crippen molar-refractivity contribution in [2.45, 2.75) is 46.0 Å². The minimum absolute atomic E-state index is 0.140. The van der Waals surface area contributed by atoms with Gasteiger partial charge < -0.3 is 19.6 Å². The van der Waals surface area contributed by atoms with E-state index in [1.54, 1.807) is 0 Å². The van der Waals surface area contributed by atoms with Gasteiger partial charge in [-0.05, 0) is 12.8 Å². The second-order valence-electron chi connectivity index (χ2n) is 3.71. The van der Waals surface area contributed by atoms with E-state index >= 15 is 0 Å². The highest BCUT2D eigenvalue weighted by Crippen LogP contribution is 2.36. The van der Waals surface area contributed by atoms with Gasteiger partial charge in [0, 0.05) is 0 Å². The molecule has 0 bridgehead atoms. The fourth-order valence-corrected chi connectivity index (χ4v) is 1.60. The Balaban J connectivity index is 0. The lowest BCUT2D eigenvalue weighted by Crippen LogP contribution is -1.91. The SMILES string of the molecule is CCCCCOP(=O)(O)O.CCCCOP(=O)(O)O. The summed E-state index contributed by atoms with van der Waals surface area (Å²) in [6, 6.07) is 0. The molecule has 0 heterocycles. The number of hydrogen-bond donors (Lipinski definition) is 4. The molecule has 0 amide bonds. The minimum atomic E-state index is -4.21. The summed E-state index contributed by atoms with van der Waals surface area (Å²) >= 11 is 0. The number of unbranched alkanes of at least 4 members (excludes halogenated alkanes) is 3. The molecule has 4 N–H and O–H groups in total. The summed E-state index contributed by atoms with van der Waals surface area (Å²) in [5.74, 6) is 0. The summed E-state index contributed by atoms with van der Waals surface area (Å²) in [5.41, 5.74) is 0.